The molecule has 0 heterocycles. The summed E-state index contributed by atoms with van der Waals surface area (Å²) in [5.41, 5.74) is 11.5. The Bertz CT molecular complexity index is 1670. The number of rotatable bonds is 9. The van der Waals surface area contributed by atoms with E-state index in [2.05, 4.69) is 31.4 Å². The lowest BCUT2D eigenvalue weighted by Gasteiger charge is -2.62. The van der Waals surface area contributed by atoms with Crippen LogP contribution in [0, 0.1) is 46.3 Å². The van der Waals surface area contributed by atoms with Crippen LogP contribution in [0.2, 0.25) is 0 Å². The first-order valence-electron chi connectivity index (χ1n) is 19.4. The monoisotopic (exact) mass is 675 g/mol. The van der Waals surface area contributed by atoms with Gasteiger partial charge in [-0.25, -0.2) is 0 Å². The summed E-state index contributed by atoms with van der Waals surface area (Å²) in [6.45, 7) is 7.91. The first-order chi connectivity index (χ1) is 24.1. The Morgan fingerprint density at radius 2 is 1.64 bits per heavy atom. The van der Waals surface area contributed by atoms with E-state index in [4.69, 9.17) is 5.73 Å². The van der Waals surface area contributed by atoms with Crippen molar-refractivity contribution < 1.29 is 14.7 Å². The number of carbonyl (C=O) groups excluding carboxylic acids is 2. The second-order valence-corrected chi connectivity index (χ2v) is 16.9. The van der Waals surface area contributed by atoms with Crippen LogP contribution in [0.15, 0.2) is 72.8 Å². The third-order valence-electron chi connectivity index (χ3n) is 14.3. The smallest absolute Gasteiger partial charge is 0.255 e. The molecule has 0 aromatic heterocycles. The Labute approximate surface area is 299 Å². The van der Waals surface area contributed by atoms with Crippen LogP contribution >= 0.6 is 0 Å². The van der Waals surface area contributed by atoms with Crippen molar-refractivity contribution in [2.75, 3.05) is 11.1 Å². The highest BCUT2D eigenvalue weighted by Gasteiger charge is 2.62. The maximum absolute atomic E-state index is 13.1. The van der Waals surface area contributed by atoms with Crippen molar-refractivity contribution in [2.45, 2.75) is 104 Å². The summed E-state index contributed by atoms with van der Waals surface area (Å²) >= 11 is 0. The fourth-order valence-electron chi connectivity index (χ4n) is 11.5. The van der Waals surface area contributed by atoms with Crippen molar-refractivity contribution in [1.29, 1.82) is 0 Å². The van der Waals surface area contributed by atoms with E-state index in [1.165, 1.54) is 51.4 Å². The molecular weight excluding hydrogens is 619 g/mol. The lowest BCUT2D eigenvalue weighted by Crippen LogP contribution is -2.57. The number of hydrogen-bond donors (Lipinski definition) is 4. The molecule has 7 rings (SSSR count). The summed E-state index contributed by atoms with van der Waals surface area (Å²) in [4.78, 5) is 26.1. The van der Waals surface area contributed by atoms with Crippen molar-refractivity contribution in [3.63, 3.8) is 0 Å². The van der Waals surface area contributed by atoms with Gasteiger partial charge in [0.2, 0.25) is 5.91 Å². The van der Waals surface area contributed by atoms with Gasteiger partial charge in [0.15, 0.2) is 0 Å². The van der Waals surface area contributed by atoms with Crippen LogP contribution in [0.1, 0.15) is 107 Å². The zero-order chi connectivity index (χ0) is 35.0. The van der Waals surface area contributed by atoms with Crippen molar-refractivity contribution in [1.82, 2.24) is 5.32 Å². The number of anilines is 2. The standard InChI is InChI=1S/C44H57N3O3/c1-28(34-18-19-35-41-36(22-24-44(34,35)3)43(2)23-8-7-11-33(43)26-39(41)48)12-21-40(49)46-27-29-13-15-31(16-14-29)42(50)47-38-25-32(17-20-37(38)45)30-9-5-4-6-10-30/h4-6,9-10,13-17,20,25,28,33-36,39,41,48H,7-8,11-12,18-19,21-24,26-27,45H2,1-3H3,(H,46,49)(H,47,50)/t28-,33+,34?,35?,36?,39+,41?,43+,44-/m1/s1. The number of benzene rings is 3. The number of hydrogen-bond acceptors (Lipinski definition) is 4. The summed E-state index contributed by atoms with van der Waals surface area (Å²) in [5.74, 6) is 3.38. The Morgan fingerprint density at radius 1 is 0.880 bits per heavy atom. The molecule has 6 heteroatoms. The minimum Gasteiger partial charge on any atom is -0.397 e. The molecule has 0 aliphatic heterocycles. The average molecular weight is 676 g/mol. The molecule has 9 atom stereocenters. The van der Waals surface area contributed by atoms with Gasteiger partial charge in [-0.1, -0.05) is 82.1 Å². The third-order valence-corrected chi connectivity index (χ3v) is 14.3. The Morgan fingerprint density at radius 3 is 2.42 bits per heavy atom. The van der Waals surface area contributed by atoms with Crippen LogP contribution in [0.4, 0.5) is 11.4 Å². The molecule has 3 aromatic carbocycles. The van der Waals surface area contributed by atoms with Gasteiger partial charge < -0.3 is 21.5 Å². The predicted octanol–water partition coefficient (Wildman–Crippen LogP) is 9.24. The first-order valence-corrected chi connectivity index (χ1v) is 19.4. The molecule has 6 nitrogen and oxygen atoms in total. The average Bonchev–Trinajstić information content (AvgIpc) is 3.48. The van der Waals surface area contributed by atoms with Gasteiger partial charge in [-0.05, 0) is 139 Å². The van der Waals surface area contributed by atoms with Gasteiger partial charge in [0, 0.05) is 18.5 Å². The van der Waals surface area contributed by atoms with Crippen LogP contribution in [0.25, 0.3) is 11.1 Å². The lowest BCUT2D eigenvalue weighted by atomic mass is 9.44. The van der Waals surface area contributed by atoms with E-state index in [1.54, 1.807) is 12.1 Å². The summed E-state index contributed by atoms with van der Waals surface area (Å²) in [6.07, 6.45) is 12.7. The van der Waals surface area contributed by atoms with Gasteiger partial charge in [-0.2, -0.15) is 0 Å². The van der Waals surface area contributed by atoms with E-state index in [1.807, 2.05) is 60.7 Å². The van der Waals surface area contributed by atoms with Crippen LogP contribution in [0.5, 0.6) is 0 Å². The van der Waals surface area contributed by atoms with Gasteiger partial charge in [0.05, 0.1) is 17.5 Å². The lowest BCUT2D eigenvalue weighted by molar-refractivity contribution is -0.164. The minimum absolute atomic E-state index is 0.0785. The predicted molar refractivity (Wildman–Crippen MR) is 202 cm³/mol. The zero-order valence-corrected chi connectivity index (χ0v) is 30.3. The molecule has 0 saturated heterocycles. The molecule has 4 aliphatic rings. The Kier molecular flexibility index (Phi) is 9.86. The SMILES string of the molecule is C[C@H](CCC(=O)NCc1ccc(C(=O)Nc2cc(-c3ccccc3)ccc2N)cc1)C1CCC2C3C(CC[C@@]21C)[C@@]1(C)CCCC[C@H]1C[C@@H]3O. The van der Waals surface area contributed by atoms with Crippen molar-refractivity contribution >= 4 is 23.2 Å². The molecule has 4 aliphatic carbocycles. The van der Waals surface area contributed by atoms with E-state index >= 15 is 0 Å². The summed E-state index contributed by atoms with van der Waals surface area (Å²) in [6, 6.07) is 23.0. The quantitative estimate of drug-likeness (QED) is 0.170. The number of aliphatic hydroxyl groups is 1. The van der Waals surface area contributed by atoms with E-state index in [0.29, 0.717) is 70.8 Å². The van der Waals surface area contributed by atoms with Gasteiger partial charge in [-0.15, -0.1) is 0 Å². The summed E-state index contributed by atoms with van der Waals surface area (Å²) in [5, 5.41) is 17.6. The van der Waals surface area contributed by atoms with Crippen LogP contribution in [0.3, 0.4) is 0 Å². The van der Waals surface area contributed by atoms with Gasteiger partial charge in [-0.3, -0.25) is 9.59 Å². The third kappa shape index (κ3) is 6.61. The molecular formula is C44H57N3O3. The number of nitrogens with two attached hydrogens (primary N) is 1. The number of nitrogen functional groups attached to an aromatic ring is 1. The maximum atomic E-state index is 13.1. The molecule has 2 amide bonds. The van der Waals surface area contributed by atoms with Gasteiger partial charge >= 0.3 is 0 Å². The van der Waals surface area contributed by atoms with Crippen LogP contribution < -0.4 is 16.4 Å². The minimum atomic E-state index is -0.229. The Balaban J connectivity index is 0.895. The molecule has 0 spiro atoms. The first kappa shape index (κ1) is 34.8. The molecule has 3 aromatic rings. The van der Waals surface area contributed by atoms with E-state index < -0.39 is 0 Å². The van der Waals surface area contributed by atoms with E-state index in [9.17, 15) is 14.7 Å². The van der Waals surface area contributed by atoms with Crippen molar-refractivity contribution in [3.05, 3.63) is 83.9 Å². The zero-order valence-electron chi connectivity index (χ0n) is 30.3. The largest absolute Gasteiger partial charge is 0.397 e. The molecule has 4 saturated carbocycles. The number of carbonyl (C=O) groups is 2. The Hall–Kier alpha value is -3.64. The number of amides is 2. The van der Waals surface area contributed by atoms with Crippen molar-refractivity contribution in [2.24, 2.45) is 46.3 Å². The second kappa shape index (κ2) is 14.2. The number of fused-ring (bicyclic) bond motifs is 5. The van der Waals surface area contributed by atoms with E-state index in [0.717, 1.165) is 29.5 Å². The molecule has 4 fully saturated rings. The highest BCUT2D eigenvalue weighted by molar-refractivity contribution is 6.06. The fourth-order valence-corrected chi connectivity index (χ4v) is 11.5. The van der Waals surface area contributed by atoms with Gasteiger partial charge in [0.1, 0.15) is 0 Å². The molecule has 0 radical (unpaired) electrons. The maximum Gasteiger partial charge on any atom is 0.255 e. The van der Waals surface area contributed by atoms with Gasteiger partial charge in [0.25, 0.3) is 5.91 Å². The van der Waals surface area contributed by atoms with E-state index in [-0.39, 0.29) is 23.3 Å². The highest BCUT2D eigenvalue weighted by atomic mass is 16.3. The van der Waals surface area contributed by atoms with Crippen LogP contribution in [-0.2, 0) is 11.3 Å². The molecule has 5 N–H and O–H groups in total. The molecule has 50 heavy (non-hydrogen) atoms. The number of nitrogens with one attached hydrogen (secondary N) is 2. The summed E-state index contributed by atoms with van der Waals surface area (Å²) < 4.78 is 0. The summed E-state index contributed by atoms with van der Waals surface area (Å²) in [7, 11) is 0. The van der Waals surface area contributed by atoms with Crippen LogP contribution in [-0.4, -0.2) is 23.0 Å². The molecule has 0 bridgehead atoms. The highest BCUT2D eigenvalue weighted by Crippen LogP contribution is 2.68. The fraction of sp³-hybridized carbons (Fsp3) is 0.545. The number of aliphatic hydroxyl groups excluding tert-OH is 1. The molecule has 266 valence electrons. The topological polar surface area (TPSA) is 104 Å². The second-order valence-electron chi connectivity index (χ2n) is 16.9. The molecule has 4 unspecified atom stereocenters. The normalized spacial score (nSPS) is 32.2. The van der Waals surface area contributed by atoms with Crippen molar-refractivity contribution in [3.8, 4) is 11.1 Å².